The highest BCUT2D eigenvalue weighted by Crippen LogP contribution is 2.46. The van der Waals surface area contributed by atoms with Crippen molar-refractivity contribution in [2.24, 2.45) is 0 Å². The molecule has 0 aliphatic heterocycles. The standard InChI is InChI=1S/C8H12BF2N3S/c1-2-8(3-4-8)13-5-6(10)7(12-13)14(15)9-11/h5,9,15H,2-4H2,1H3. The van der Waals surface area contributed by atoms with Crippen LogP contribution < -0.4 is 4.22 Å². The highest BCUT2D eigenvalue weighted by molar-refractivity contribution is 7.83. The van der Waals surface area contributed by atoms with Gasteiger partial charge in [0, 0.05) is 0 Å². The molecule has 1 aromatic rings. The van der Waals surface area contributed by atoms with Gasteiger partial charge in [0.25, 0.3) is 0 Å². The van der Waals surface area contributed by atoms with E-state index in [1.807, 2.05) is 6.92 Å². The van der Waals surface area contributed by atoms with E-state index in [9.17, 15) is 8.71 Å². The SMILES string of the molecule is CCC1(n2cc(F)c(N(S)BF)n2)CC1. The lowest BCUT2D eigenvalue weighted by atomic mass is 10.2. The highest BCUT2D eigenvalue weighted by Gasteiger charge is 2.44. The van der Waals surface area contributed by atoms with Crippen LogP contribution in [0.1, 0.15) is 26.2 Å². The van der Waals surface area contributed by atoms with E-state index < -0.39 is 13.5 Å². The first-order valence-corrected chi connectivity index (χ1v) is 5.31. The Hall–Kier alpha value is -0.715. The fraction of sp³-hybridized carbons (Fsp3) is 0.625. The minimum atomic E-state index is -0.865. The minimum Gasteiger partial charge on any atom is -0.315 e. The van der Waals surface area contributed by atoms with Crippen molar-refractivity contribution in [2.75, 3.05) is 4.22 Å². The molecule has 1 heterocycles. The number of nitrogens with zero attached hydrogens (tertiary/aromatic N) is 3. The number of hydrogen-bond donors (Lipinski definition) is 1. The molecule has 1 aliphatic carbocycles. The second kappa shape index (κ2) is 3.70. The molecule has 1 fully saturated rings. The van der Waals surface area contributed by atoms with Crippen molar-refractivity contribution in [3.8, 4) is 0 Å². The maximum atomic E-state index is 13.4. The molecule has 0 saturated heterocycles. The average molecular weight is 231 g/mol. The summed E-state index contributed by atoms with van der Waals surface area (Å²) in [6, 6.07) is 0. The molecule has 0 N–H and O–H groups in total. The number of halogens is 2. The van der Waals surface area contributed by atoms with Crippen molar-refractivity contribution in [1.29, 1.82) is 0 Å². The maximum Gasteiger partial charge on any atom is 0.455 e. The second-order valence-electron chi connectivity index (χ2n) is 3.84. The molecule has 2 rings (SSSR count). The van der Waals surface area contributed by atoms with Crippen LogP contribution in [0.3, 0.4) is 0 Å². The lowest BCUT2D eigenvalue weighted by Crippen LogP contribution is -2.18. The molecule has 0 spiro atoms. The Labute approximate surface area is 93.3 Å². The minimum absolute atomic E-state index is 0.0377. The fourth-order valence-electron chi connectivity index (χ4n) is 1.71. The lowest BCUT2D eigenvalue weighted by molar-refractivity contribution is 0.416. The summed E-state index contributed by atoms with van der Waals surface area (Å²) in [5.74, 6) is -0.567. The van der Waals surface area contributed by atoms with Crippen LogP contribution in [0.4, 0.5) is 14.5 Å². The van der Waals surface area contributed by atoms with Crippen LogP contribution in [0.2, 0.25) is 0 Å². The Morgan fingerprint density at radius 1 is 1.73 bits per heavy atom. The molecule has 0 unspecified atom stereocenters. The van der Waals surface area contributed by atoms with Gasteiger partial charge < -0.3 is 8.53 Å². The van der Waals surface area contributed by atoms with E-state index in [-0.39, 0.29) is 11.4 Å². The van der Waals surface area contributed by atoms with E-state index in [1.54, 1.807) is 4.68 Å². The molecule has 0 radical (unpaired) electrons. The summed E-state index contributed by atoms with van der Waals surface area (Å²) in [4.78, 5) is 0. The van der Waals surface area contributed by atoms with E-state index in [4.69, 9.17) is 0 Å². The van der Waals surface area contributed by atoms with E-state index in [0.29, 0.717) is 0 Å². The van der Waals surface area contributed by atoms with Crippen molar-refractivity contribution in [3.63, 3.8) is 0 Å². The Balaban J connectivity index is 2.29. The quantitative estimate of drug-likeness (QED) is 0.630. The molecule has 1 aromatic heterocycles. The zero-order chi connectivity index (χ0) is 11.1. The molecule has 0 aromatic carbocycles. The molecule has 3 nitrogen and oxygen atoms in total. The van der Waals surface area contributed by atoms with Crippen molar-refractivity contribution in [1.82, 2.24) is 9.78 Å². The fourth-order valence-corrected chi connectivity index (χ4v) is 1.84. The van der Waals surface area contributed by atoms with E-state index >= 15 is 0 Å². The zero-order valence-electron chi connectivity index (χ0n) is 8.45. The van der Waals surface area contributed by atoms with Gasteiger partial charge in [-0.05, 0) is 19.3 Å². The Bertz CT molecular complexity index is 367. The van der Waals surface area contributed by atoms with Crippen LogP contribution in [-0.2, 0) is 5.54 Å². The van der Waals surface area contributed by atoms with Crippen LogP contribution in [0.15, 0.2) is 6.20 Å². The third kappa shape index (κ3) is 1.73. The summed E-state index contributed by atoms with van der Waals surface area (Å²) in [6.45, 7) is 2.04. The first kappa shape index (κ1) is 10.8. The maximum absolute atomic E-state index is 13.4. The number of hydrogen-bond acceptors (Lipinski definition) is 3. The molecule has 1 aliphatic rings. The largest absolute Gasteiger partial charge is 0.455 e. The van der Waals surface area contributed by atoms with Crippen LogP contribution in [-0.4, -0.2) is 17.5 Å². The van der Waals surface area contributed by atoms with Crippen LogP contribution in [0, 0.1) is 5.82 Å². The van der Waals surface area contributed by atoms with Gasteiger partial charge in [0.2, 0.25) is 0 Å². The molecule has 0 atom stereocenters. The lowest BCUT2D eigenvalue weighted by Gasteiger charge is -2.13. The Morgan fingerprint density at radius 3 is 2.87 bits per heavy atom. The summed E-state index contributed by atoms with van der Waals surface area (Å²) in [7, 11) is -0.865. The number of aromatic nitrogens is 2. The summed E-state index contributed by atoms with van der Waals surface area (Å²) >= 11 is 3.79. The van der Waals surface area contributed by atoms with Crippen molar-refractivity contribution >= 4 is 26.3 Å². The second-order valence-corrected chi connectivity index (χ2v) is 4.33. The summed E-state index contributed by atoms with van der Waals surface area (Å²) in [5.41, 5.74) is -0.0377. The number of anilines is 1. The normalized spacial score (nSPS) is 17.6. The van der Waals surface area contributed by atoms with Crippen LogP contribution >= 0.6 is 12.8 Å². The molecule has 82 valence electrons. The molecule has 1 saturated carbocycles. The molecular formula is C8H12BF2N3S. The molecule has 0 bridgehead atoms. The summed E-state index contributed by atoms with van der Waals surface area (Å²) < 4.78 is 28.2. The van der Waals surface area contributed by atoms with Gasteiger partial charge in [0.1, 0.15) is 0 Å². The molecular weight excluding hydrogens is 219 g/mol. The smallest absolute Gasteiger partial charge is 0.315 e. The van der Waals surface area contributed by atoms with Gasteiger partial charge in [0.05, 0.1) is 11.7 Å². The van der Waals surface area contributed by atoms with Gasteiger partial charge in [-0.3, -0.25) is 4.68 Å². The molecule has 15 heavy (non-hydrogen) atoms. The summed E-state index contributed by atoms with van der Waals surface area (Å²) in [5, 5.41) is 4.04. The van der Waals surface area contributed by atoms with Crippen molar-refractivity contribution in [3.05, 3.63) is 12.0 Å². The van der Waals surface area contributed by atoms with Gasteiger partial charge in [-0.25, -0.2) is 4.39 Å². The molecule has 7 heteroatoms. The number of thiol groups is 1. The summed E-state index contributed by atoms with van der Waals surface area (Å²) in [6.07, 6.45) is 4.25. The van der Waals surface area contributed by atoms with Gasteiger partial charge in [-0.15, -0.1) is 0 Å². The van der Waals surface area contributed by atoms with E-state index in [2.05, 4.69) is 17.9 Å². The van der Waals surface area contributed by atoms with Crippen LogP contribution in [0.5, 0.6) is 0 Å². The van der Waals surface area contributed by atoms with Gasteiger partial charge in [-0.1, -0.05) is 19.7 Å². The first-order valence-electron chi connectivity index (χ1n) is 4.91. The van der Waals surface area contributed by atoms with Crippen LogP contribution in [0.25, 0.3) is 0 Å². The highest BCUT2D eigenvalue weighted by atomic mass is 32.1. The van der Waals surface area contributed by atoms with E-state index in [1.165, 1.54) is 6.20 Å². The molecule has 0 amide bonds. The van der Waals surface area contributed by atoms with Gasteiger partial charge >= 0.3 is 7.69 Å². The van der Waals surface area contributed by atoms with Crippen molar-refractivity contribution < 1.29 is 8.71 Å². The predicted octanol–water partition coefficient (Wildman–Crippen LogP) is 1.81. The van der Waals surface area contributed by atoms with Gasteiger partial charge in [-0.2, -0.15) is 5.10 Å². The first-order chi connectivity index (χ1) is 7.13. The van der Waals surface area contributed by atoms with Gasteiger partial charge in [0.15, 0.2) is 11.6 Å². The topological polar surface area (TPSA) is 21.1 Å². The average Bonchev–Trinajstić information content (AvgIpc) is 2.96. The third-order valence-electron chi connectivity index (χ3n) is 2.98. The number of rotatable bonds is 4. The Morgan fingerprint density at radius 2 is 2.40 bits per heavy atom. The Kier molecular flexibility index (Phi) is 2.66. The monoisotopic (exact) mass is 231 g/mol. The van der Waals surface area contributed by atoms with E-state index in [0.717, 1.165) is 23.5 Å². The predicted molar refractivity (Wildman–Crippen MR) is 59.4 cm³/mol. The third-order valence-corrected chi connectivity index (χ3v) is 3.28. The van der Waals surface area contributed by atoms with Crippen molar-refractivity contribution in [2.45, 2.75) is 31.7 Å². The zero-order valence-corrected chi connectivity index (χ0v) is 9.34.